The first-order valence-corrected chi connectivity index (χ1v) is 11.5. The summed E-state index contributed by atoms with van der Waals surface area (Å²) in [5.41, 5.74) is -0.0538. The molecule has 0 radical (unpaired) electrons. The van der Waals surface area contributed by atoms with Crippen LogP contribution in [0.5, 0.6) is 0 Å². The molecule has 2 N–H and O–H groups in total. The molecule has 3 atom stereocenters. The lowest BCUT2D eigenvalue weighted by Gasteiger charge is -2.42. The maximum Gasteiger partial charge on any atom is 0.322 e. The highest BCUT2D eigenvalue weighted by atomic mass is 35.5. The summed E-state index contributed by atoms with van der Waals surface area (Å²) in [5.74, 6) is -1.09. The molecule has 174 valence electrons. The molecule has 4 rings (SSSR count). The minimum Gasteiger partial charge on any atom is -0.365 e. The predicted molar refractivity (Wildman–Crippen MR) is 126 cm³/mol. The van der Waals surface area contributed by atoms with Gasteiger partial charge in [0, 0.05) is 53.5 Å². The largest absolute Gasteiger partial charge is 0.365 e. The lowest BCUT2D eigenvalue weighted by Crippen LogP contribution is -2.55. The average Bonchev–Trinajstić information content (AvgIpc) is 3.06. The number of rotatable bonds is 5. The Morgan fingerprint density at radius 1 is 1.21 bits per heavy atom. The number of nitrogens with one attached hydrogen (secondary N) is 2. The molecule has 3 unspecified atom stereocenters. The number of halogens is 2. The van der Waals surface area contributed by atoms with Gasteiger partial charge in [0.1, 0.15) is 0 Å². The molecule has 0 bridgehead atoms. The zero-order valence-corrected chi connectivity index (χ0v) is 19.9. The van der Waals surface area contributed by atoms with Gasteiger partial charge in [0.05, 0.1) is 5.69 Å². The van der Waals surface area contributed by atoms with E-state index >= 15 is 0 Å². The maximum absolute atomic E-state index is 13.3. The van der Waals surface area contributed by atoms with E-state index in [1.54, 1.807) is 42.3 Å². The van der Waals surface area contributed by atoms with Gasteiger partial charge in [-0.25, -0.2) is 4.79 Å². The fraction of sp³-hybridized carbons (Fsp3) is 0.391. The molecule has 2 aromatic rings. The van der Waals surface area contributed by atoms with Gasteiger partial charge in [-0.3, -0.25) is 19.9 Å². The summed E-state index contributed by atoms with van der Waals surface area (Å²) in [7, 11) is 0. The summed E-state index contributed by atoms with van der Waals surface area (Å²) in [4.78, 5) is 46.3. The van der Waals surface area contributed by atoms with Crippen LogP contribution in [0, 0.1) is 5.92 Å². The molecular formula is C23H25Cl2N5O3. The summed E-state index contributed by atoms with van der Waals surface area (Å²) in [6, 6.07) is 10.0. The molecule has 33 heavy (non-hydrogen) atoms. The highest BCUT2D eigenvalue weighted by molar-refractivity contribution is 6.35. The number of hydrogen-bond acceptors (Lipinski definition) is 5. The zero-order valence-electron chi connectivity index (χ0n) is 18.3. The van der Waals surface area contributed by atoms with Crippen LogP contribution in [0.4, 0.5) is 10.5 Å². The van der Waals surface area contributed by atoms with Crippen LogP contribution < -0.4 is 15.5 Å². The van der Waals surface area contributed by atoms with Gasteiger partial charge >= 0.3 is 6.03 Å². The van der Waals surface area contributed by atoms with E-state index in [0.717, 1.165) is 5.69 Å². The Morgan fingerprint density at radius 2 is 1.94 bits per heavy atom. The lowest BCUT2D eigenvalue weighted by molar-refractivity contribution is -0.137. The van der Waals surface area contributed by atoms with Crippen LogP contribution in [-0.2, 0) is 15.1 Å². The van der Waals surface area contributed by atoms with Crippen LogP contribution in [0.15, 0.2) is 42.6 Å². The van der Waals surface area contributed by atoms with E-state index in [1.807, 2.05) is 19.1 Å². The van der Waals surface area contributed by atoms with Crippen LogP contribution in [0.3, 0.4) is 0 Å². The van der Waals surface area contributed by atoms with E-state index in [1.165, 1.54) is 0 Å². The van der Waals surface area contributed by atoms with E-state index in [-0.39, 0.29) is 18.4 Å². The number of piperazine rings is 1. The number of pyridine rings is 1. The van der Waals surface area contributed by atoms with E-state index in [9.17, 15) is 14.4 Å². The summed E-state index contributed by atoms with van der Waals surface area (Å²) in [6.45, 7) is 5.48. The highest BCUT2D eigenvalue weighted by Gasteiger charge is 2.50. The Balaban J connectivity index is 1.48. The third kappa shape index (κ3) is 4.63. The van der Waals surface area contributed by atoms with Crippen LogP contribution in [0.2, 0.25) is 10.0 Å². The molecule has 0 saturated carbocycles. The predicted octanol–water partition coefficient (Wildman–Crippen LogP) is 3.19. The number of benzene rings is 1. The van der Waals surface area contributed by atoms with Gasteiger partial charge in [-0.2, -0.15) is 0 Å². The van der Waals surface area contributed by atoms with E-state index < -0.39 is 23.4 Å². The lowest BCUT2D eigenvalue weighted by atomic mass is 9.84. The topological polar surface area (TPSA) is 94.6 Å². The second kappa shape index (κ2) is 9.19. The zero-order chi connectivity index (χ0) is 23.8. The van der Waals surface area contributed by atoms with E-state index in [0.29, 0.717) is 35.4 Å². The second-order valence-electron chi connectivity index (χ2n) is 8.59. The Bertz CT molecular complexity index is 1060. The number of imide groups is 1. The van der Waals surface area contributed by atoms with Gasteiger partial charge in [0.2, 0.25) is 5.91 Å². The fourth-order valence-electron chi connectivity index (χ4n) is 4.64. The number of aromatic nitrogens is 1. The van der Waals surface area contributed by atoms with Crippen LogP contribution >= 0.6 is 23.2 Å². The smallest absolute Gasteiger partial charge is 0.322 e. The van der Waals surface area contributed by atoms with Gasteiger partial charge in [-0.05, 0) is 43.7 Å². The third-order valence-electron chi connectivity index (χ3n) is 6.20. The second-order valence-corrected chi connectivity index (χ2v) is 9.46. The maximum atomic E-state index is 13.3. The van der Waals surface area contributed by atoms with Crippen molar-refractivity contribution in [3.63, 3.8) is 0 Å². The Kier molecular flexibility index (Phi) is 6.50. The van der Waals surface area contributed by atoms with Crippen molar-refractivity contribution in [3.8, 4) is 0 Å². The molecule has 8 nitrogen and oxygen atoms in total. The third-order valence-corrected chi connectivity index (χ3v) is 6.63. The minimum atomic E-state index is -1.38. The molecule has 2 aliphatic rings. The van der Waals surface area contributed by atoms with Gasteiger partial charge in [0.25, 0.3) is 5.91 Å². The summed E-state index contributed by atoms with van der Waals surface area (Å²) >= 11 is 12.3. The number of urea groups is 1. The summed E-state index contributed by atoms with van der Waals surface area (Å²) in [6.07, 6.45) is 1.67. The molecule has 0 aliphatic carbocycles. The Morgan fingerprint density at radius 3 is 2.52 bits per heavy atom. The standard InChI is InChI=1S/C23H25Cl2N5O3/c1-14(12-23(19-5-3-4-6-26-19)21(32)27-22(33)28-23)20(31)29-7-8-30(15(2)13-29)18-10-16(24)9-17(25)11-18/h3-6,9-11,14-15H,7-8,12-13H2,1-2H3,(H2,27,28,32,33). The normalized spacial score (nSPS) is 23.8. The van der Waals surface area contributed by atoms with Crippen molar-refractivity contribution in [2.45, 2.75) is 31.8 Å². The molecule has 0 spiro atoms. The number of carbonyl (C=O) groups excluding carboxylic acids is 3. The molecule has 1 aromatic carbocycles. The molecule has 2 saturated heterocycles. The van der Waals surface area contributed by atoms with Crippen molar-refractivity contribution in [2.24, 2.45) is 5.92 Å². The molecule has 2 aliphatic heterocycles. The monoisotopic (exact) mass is 489 g/mol. The van der Waals surface area contributed by atoms with Crippen molar-refractivity contribution >= 4 is 46.7 Å². The Labute approximate surface area is 202 Å². The molecule has 10 heteroatoms. The van der Waals surface area contributed by atoms with Crippen LogP contribution in [0.1, 0.15) is 26.0 Å². The SMILES string of the molecule is CC(CC1(c2ccccn2)NC(=O)NC1=O)C(=O)N1CCN(c2cc(Cl)cc(Cl)c2)C(C)C1. The molecule has 1 aromatic heterocycles. The van der Waals surface area contributed by atoms with Crippen molar-refractivity contribution in [2.75, 3.05) is 24.5 Å². The first-order valence-electron chi connectivity index (χ1n) is 10.8. The number of anilines is 1. The number of carbonyl (C=O) groups is 3. The van der Waals surface area contributed by atoms with E-state index in [4.69, 9.17) is 23.2 Å². The van der Waals surface area contributed by atoms with Crippen molar-refractivity contribution < 1.29 is 14.4 Å². The quantitative estimate of drug-likeness (QED) is 0.628. The van der Waals surface area contributed by atoms with Gasteiger partial charge in [-0.15, -0.1) is 0 Å². The van der Waals surface area contributed by atoms with Crippen LogP contribution in [-0.4, -0.2) is 53.4 Å². The van der Waals surface area contributed by atoms with Gasteiger partial charge < -0.3 is 15.1 Å². The van der Waals surface area contributed by atoms with Crippen molar-refractivity contribution in [1.82, 2.24) is 20.5 Å². The van der Waals surface area contributed by atoms with Crippen molar-refractivity contribution in [3.05, 3.63) is 58.3 Å². The molecule has 2 fully saturated rings. The summed E-state index contributed by atoms with van der Waals surface area (Å²) < 4.78 is 0. The molecular weight excluding hydrogens is 465 g/mol. The first-order chi connectivity index (χ1) is 15.7. The van der Waals surface area contributed by atoms with Crippen LogP contribution in [0.25, 0.3) is 0 Å². The average molecular weight is 490 g/mol. The fourth-order valence-corrected chi connectivity index (χ4v) is 5.15. The van der Waals surface area contributed by atoms with Crippen molar-refractivity contribution in [1.29, 1.82) is 0 Å². The Hall–Kier alpha value is -2.84. The summed E-state index contributed by atoms with van der Waals surface area (Å²) in [5, 5.41) is 6.12. The van der Waals surface area contributed by atoms with Gasteiger partial charge in [-0.1, -0.05) is 36.2 Å². The molecule has 3 heterocycles. The van der Waals surface area contributed by atoms with Gasteiger partial charge in [0.15, 0.2) is 5.54 Å². The molecule has 4 amide bonds. The minimum absolute atomic E-state index is 0.0451. The number of amides is 4. The number of nitrogens with zero attached hydrogens (tertiary/aromatic N) is 3. The van der Waals surface area contributed by atoms with E-state index in [2.05, 4.69) is 20.5 Å². The first kappa shape index (κ1) is 23.3. The number of hydrogen-bond donors (Lipinski definition) is 2. The highest BCUT2D eigenvalue weighted by Crippen LogP contribution is 2.32.